The molecule has 0 spiro atoms. The van der Waals surface area contributed by atoms with E-state index in [1.54, 1.807) is 11.4 Å². The Morgan fingerprint density at radius 1 is 1.25 bits per heavy atom. The van der Waals surface area contributed by atoms with Crippen LogP contribution in [0.3, 0.4) is 0 Å². The third kappa shape index (κ3) is 3.04. The summed E-state index contributed by atoms with van der Waals surface area (Å²) < 4.78 is 9.27. The number of rotatable bonds is 3. The molecule has 2 rings (SSSR count). The van der Waals surface area contributed by atoms with Crippen LogP contribution < -0.4 is 10.6 Å². The van der Waals surface area contributed by atoms with E-state index in [9.17, 15) is 14.4 Å². The topological polar surface area (TPSA) is 97.6 Å². The maximum Gasteiger partial charge on any atom is 0.413 e. The second kappa shape index (κ2) is 6.02. The van der Waals surface area contributed by atoms with Crippen LogP contribution in [0.25, 0.3) is 0 Å². The maximum atomic E-state index is 11.8. The minimum absolute atomic E-state index is 0.123. The molecule has 0 aromatic carbocycles. The molecule has 2 aromatic heterocycles. The van der Waals surface area contributed by atoms with Gasteiger partial charge >= 0.3 is 6.09 Å². The summed E-state index contributed by atoms with van der Waals surface area (Å²) in [6, 6.07) is 4.56. The summed E-state index contributed by atoms with van der Waals surface area (Å²) in [7, 11) is 1.15. The number of anilines is 1. The first-order chi connectivity index (χ1) is 9.61. The Hall–Kier alpha value is -2.61. The van der Waals surface area contributed by atoms with Gasteiger partial charge in [-0.25, -0.2) is 4.79 Å². The number of carbonyl (C=O) groups is 3. The smallest absolute Gasteiger partial charge is 0.413 e. The summed E-state index contributed by atoms with van der Waals surface area (Å²) in [4.78, 5) is 34.6. The standard InChI is InChI=1S/C12H10N2O5S/c1-18-12(17)14-9(15)7-4-6-20-11(7)13-10(16)8-3-2-5-19-8/h2-6H,1H3,(H,13,16)(H,14,15,17). The molecule has 2 heterocycles. The molecule has 8 heteroatoms. The zero-order chi connectivity index (χ0) is 14.5. The van der Waals surface area contributed by atoms with Crippen LogP contribution in [0.2, 0.25) is 0 Å². The van der Waals surface area contributed by atoms with E-state index >= 15 is 0 Å². The Morgan fingerprint density at radius 2 is 2.05 bits per heavy atom. The highest BCUT2D eigenvalue weighted by Gasteiger charge is 2.18. The lowest BCUT2D eigenvalue weighted by molar-refractivity contribution is 0.0938. The number of hydrogen-bond donors (Lipinski definition) is 2. The van der Waals surface area contributed by atoms with Gasteiger partial charge in [0.05, 0.1) is 18.9 Å². The number of furan rings is 1. The van der Waals surface area contributed by atoms with Crippen molar-refractivity contribution in [2.24, 2.45) is 0 Å². The van der Waals surface area contributed by atoms with Crippen LogP contribution in [0.4, 0.5) is 9.80 Å². The van der Waals surface area contributed by atoms with Crippen molar-refractivity contribution in [2.75, 3.05) is 12.4 Å². The van der Waals surface area contributed by atoms with Crippen molar-refractivity contribution in [1.82, 2.24) is 5.32 Å². The number of imide groups is 1. The summed E-state index contributed by atoms with van der Waals surface area (Å²) in [5.74, 6) is -1.02. The van der Waals surface area contributed by atoms with Crippen LogP contribution in [0.15, 0.2) is 34.3 Å². The Bertz CT molecular complexity index is 632. The molecule has 0 saturated heterocycles. The summed E-state index contributed by atoms with van der Waals surface area (Å²) in [6.07, 6.45) is 0.498. The van der Waals surface area contributed by atoms with Crippen molar-refractivity contribution in [3.63, 3.8) is 0 Å². The van der Waals surface area contributed by atoms with Gasteiger partial charge in [-0.1, -0.05) is 0 Å². The highest BCUT2D eigenvalue weighted by Crippen LogP contribution is 2.23. The third-order valence-electron chi connectivity index (χ3n) is 2.28. The predicted octanol–water partition coefficient (Wildman–Crippen LogP) is 2.09. The van der Waals surface area contributed by atoms with Crippen molar-refractivity contribution < 1.29 is 23.5 Å². The fraction of sp³-hybridized carbons (Fsp3) is 0.0833. The van der Waals surface area contributed by atoms with Crippen LogP contribution >= 0.6 is 11.3 Å². The van der Waals surface area contributed by atoms with E-state index < -0.39 is 17.9 Å². The van der Waals surface area contributed by atoms with E-state index in [0.717, 1.165) is 18.4 Å². The van der Waals surface area contributed by atoms with Gasteiger partial charge in [0.2, 0.25) is 0 Å². The molecule has 3 amide bonds. The number of amides is 3. The number of ether oxygens (including phenoxy) is 1. The van der Waals surface area contributed by atoms with Crippen LogP contribution in [0.5, 0.6) is 0 Å². The molecule has 7 nitrogen and oxygen atoms in total. The zero-order valence-electron chi connectivity index (χ0n) is 10.3. The minimum atomic E-state index is -0.871. The third-order valence-corrected chi connectivity index (χ3v) is 3.11. The molecule has 0 aliphatic rings. The van der Waals surface area contributed by atoms with Gasteiger partial charge in [0, 0.05) is 0 Å². The number of hydrogen-bond acceptors (Lipinski definition) is 6. The second-order valence-corrected chi connectivity index (χ2v) is 4.46. The minimum Gasteiger partial charge on any atom is -0.459 e. The van der Waals surface area contributed by atoms with E-state index in [2.05, 4.69) is 10.1 Å². The van der Waals surface area contributed by atoms with Gasteiger partial charge in [-0.05, 0) is 23.6 Å². The zero-order valence-corrected chi connectivity index (χ0v) is 11.2. The molecule has 0 atom stereocenters. The monoisotopic (exact) mass is 294 g/mol. The van der Waals surface area contributed by atoms with Crippen molar-refractivity contribution in [3.8, 4) is 0 Å². The Labute approximate surface area is 117 Å². The SMILES string of the molecule is COC(=O)NC(=O)c1ccsc1NC(=O)c1ccco1. The summed E-state index contributed by atoms with van der Waals surface area (Å²) >= 11 is 1.15. The lowest BCUT2D eigenvalue weighted by Crippen LogP contribution is -2.30. The average molecular weight is 294 g/mol. The van der Waals surface area contributed by atoms with E-state index in [1.165, 1.54) is 18.4 Å². The second-order valence-electron chi connectivity index (χ2n) is 3.54. The van der Waals surface area contributed by atoms with Gasteiger partial charge in [0.25, 0.3) is 11.8 Å². The first-order valence-electron chi connectivity index (χ1n) is 5.43. The molecule has 0 bridgehead atoms. The van der Waals surface area contributed by atoms with Crippen molar-refractivity contribution >= 4 is 34.2 Å². The molecular weight excluding hydrogens is 284 g/mol. The molecule has 0 aliphatic carbocycles. The fourth-order valence-corrected chi connectivity index (χ4v) is 2.15. The van der Waals surface area contributed by atoms with E-state index in [-0.39, 0.29) is 11.3 Å². The van der Waals surface area contributed by atoms with Crippen LogP contribution in [0, 0.1) is 0 Å². The van der Waals surface area contributed by atoms with Crippen LogP contribution in [-0.2, 0) is 4.74 Å². The molecule has 0 radical (unpaired) electrons. The van der Waals surface area contributed by atoms with Gasteiger partial charge in [-0.2, -0.15) is 0 Å². The molecule has 2 N–H and O–H groups in total. The molecule has 0 saturated carbocycles. The molecule has 0 fully saturated rings. The summed E-state index contributed by atoms with van der Waals surface area (Å²) in [6.45, 7) is 0. The number of thiophene rings is 1. The molecule has 0 aliphatic heterocycles. The summed E-state index contributed by atoms with van der Waals surface area (Å²) in [5, 5.41) is 6.48. The van der Waals surface area contributed by atoms with Gasteiger partial charge in [-0.3, -0.25) is 14.9 Å². The van der Waals surface area contributed by atoms with Crippen LogP contribution in [0.1, 0.15) is 20.9 Å². The largest absolute Gasteiger partial charge is 0.459 e. The lowest BCUT2D eigenvalue weighted by atomic mass is 10.3. The predicted molar refractivity (Wildman–Crippen MR) is 70.9 cm³/mol. The van der Waals surface area contributed by atoms with Crippen molar-refractivity contribution in [3.05, 3.63) is 41.2 Å². The number of nitrogens with one attached hydrogen (secondary N) is 2. The summed E-state index contributed by atoms with van der Waals surface area (Å²) in [5.41, 5.74) is 0.167. The quantitative estimate of drug-likeness (QED) is 0.903. The van der Waals surface area contributed by atoms with Gasteiger partial charge < -0.3 is 14.5 Å². The number of alkyl carbamates (subject to hydrolysis) is 1. The van der Waals surface area contributed by atoms with E-state index in [0.29, 0.717) is 5.00 Å². The van der Waals surface area contributed by atoms with Crippen molar-refractivity contribution in [2.45, 2.75) is 0 Å². The normalized spacial score (nSPS) is 9.85. The molecule has 104 valence electrons. The Morgan fingerprint density at radius 3 is 2.70 bits per heavy atom. The molecule has 20 heavy (non-hydrogen) atoms. The average Bonchev–Trinajstić information content (AvgIpc) is 3.09. The lowest BCUT2D eigenvalue weighted by Gasteiger charge is -2.05. The van der Waals surface area contributed by atoms with E-state index in [1.807, 2.05) is 5.32 Å². The highest BCUT2D eigenvalue weighted by molar-refractivity contribution is 7.14. The Balaban J connectivity index is 2.11. The first-order valence-corrected chi connectivity index (χ1v) is 6.31. The molecular formula is C12H10N2O5S. The van der Waals surface area contributed by atoms with E-state index in [4.69, 9.17) is 4.42 Å². The van der Waals surface area contributed by atoms with Gasteiger partial charge in [0.1, 0.15) is 5.00 Å². The first kappa shape index (κ1) is 13.8. The van der Waals surface area contributed by atoms with Crippen LogP contribution in [-0.4, -0.2) is 25.0 Å². The molecule has 2 aromatic rings. The fourth-order valence-electron chi connectivity index (χ4n) is 1.37. The van der Waals surface area contributed by atoms with Gasteiger partial charge in [-0.15, -0.1) is 11.3 Å². The number of carbonyl (C=O) groups excluding carboxylic acids is 3. The molecule has 0 unspecified atom stereocenters. The van der Waals surface area contributed by atoms with Crippen molar-refractivity contribution in [1.29, 1.82) is 0 Å². The number of methoxy groups -OCH3 is 1. The van der Waals surface area contributed by atoms with Gasteiger partial charge in [0.15, 0.2) is 5.76 Å². The maximum absolute atomic E-state index is 11.8. The Kier molecular flexibility index (Phi) is 4.16. The highest BCUT2D eigenvalue weighted by atomic mass is 32.1.